The maximum Gasteiger partial charge on any atom is 0.394 e. The molecule has 0 spiro atoms. The molecule has 5 nitrogen and oxygen atoms in total. The normalized spacial score (nSPS) is 10.7. The van der Waals surface area contributed by atoms with Crippen LogP contribution in [0.3, 0.4) is 0 Å². The Morgan fingerprint density at radius 3 is 2.09 bits per heavy atom. The van der Waals surface area contributed by atoms with E-state index in [0.29, 0.717) is 5.75 Å². The van der Waals surface area contributed by atoms with Gasteiger partial charge in [-0.3, -0.25) is 9.11 Å². The molecule has 0 aromatic heterocycles. The van der Waals surface area contributed by atoms with Crippen LogP contribution in [0.15, 0.2) is 24.8 Å². The van der Waals surface area contributed by atoms with Crippen LogP contribution in [0.1, 0.15) is 63.0 Å². The standard InChI is InChI=1S/C17H26O.H2O4S/c1-3-5-6-7-8-9-10-11-15-12-13-17(18)16(4-2)14-15;1-5(2,3)4/h4,12-14,18H,2-3,5-11H2,1H3;(H2,1,2,3,4). The molecule has 1 aromatic rings. The SMILES string of the molecule is C=Cc1cc(CCCCCCCCC)ccc1O.O=S(=O)(O)O. The van der Waals surface area contributed by atoms with Gasteiger partial charge in [-0.2, -0.15) is 8.42 Å². The molecule has 0 bridgehead atoms. The Morgan fingerprint density at radius 2 is 1.57 bits per heavy atom. The van der Waals surface area contributed by atoms with Crippen molar-refractivity contribution in [2.75, 3.05) is 0 Å². The van der Waals surface area contributed by atoms with E-state index in [4.69, 9.17) is 17.5 Å². The molecule has 0 amide bonds. The van der Waals surface area contributed by atoms with Crippen LogP contribution < -0.4 is 0 Å². The van der Waals surface area contributed by atoms with E-state index >= 15 is 0 Å². The second kappa shape index (κ2) is 12.1. The van der Waals surface area contributed by atoms with Gasteiger partial charge in [-0.25, -0.2) is 0 Å². The molecule has 3 N–H and O–H groups in total. The average molecular weight is 344 g/mol. The number of unbranched alkanes of at least 4 members (excludes halogenated alkanes) is 6. The molecule has 0 aliphatic rings. The molecule has 23 heavy (non-hydrogen) atoms. The van der Waals surface area contributed by atoms with Gasteiger partial charge in [0.15, 0.2) is 0 Å². The Morgan fingerprint density at radius 1 is 1.04 bits per heavy atom. The van der Waals surface area contributed by atoms with Crippen LogP contribution in [-0.2, 0) is 16.8 Å². The van der Waals surface area contributed by atoms with E-state index in [1.54, 1.807) is 12.1 Å². The van der Waals surface area contributed by atoms with E-state index in [1.807, 2.05) is 12.1 Å². The first kappa shape index (κ1) is 21.6. The first-order valence-corrected chi connectivity index (χ1v) is 9.31. The molecule has 132 valence electrons. The summed E-state index contributed by atoms with van der Waals surface area (Å²) in [5, 5.41) is 9.56. The smallest absolute Gasteiger partial charge is 0.394 e. The quantitative estimate of drug-likeness (QED) is 0.447. The summed E-state index contributed by atoms with van der Waals surface area (Å²) < 4.78 is 31.6. The number of aryl methyl sites for hydroxylation is 1. The minimum atomic E-state index is -4.67. The maximum atomic E-state index is 9.56. The average Bonchev–Trinajstić information content (AvgIpc) is 2.46. The third-order valence-electron chi connectivity index (χ3n) is 3.38. The topological polar surface area (TPSA) is 94.8 Å². The maximum absolute atomic E-state index is 9.56. The second-order valence-corrected chi connectivity index (χ2v) is 6.31. The molecule has 0 saturated carbocycles. The number of phenols is 1. The summed E-state index contributed by atoms with van der Waals surface area (Å²) in [6.45, 7) is 5.96. The molecule has 0 aliphatic heterocycles. The van der Waals surface area contributed by atoms with Gasteiger partial charge < -0.3 is 5.11 Å². The van der Waals surface area contributed by atoms with Gasteiger partial charge in [0.2, 0.25) is 0 Å². The van der Waals surface area contributed by atoms with Gasteiger partial charge in [0.25, 0.3) is 0 Å². The molecular formula is C17H28O5S. The number of hydrogen-bond acceptors (Lipinski definition) is 3. The van der Waals surface area contributed by atoms with E-state index < -0.39 is 10.4 Å². The van der Waals surface area contributed by atoms with Crippen LogP contribution in [0, 0.1) is 0 Å². The predicted molar refractivity (Wildman–Crippen MR) is 94.1 cm³/mol. The van der Waals surface area contributed by atoms with Crippen molar-refractivity contribution in [3.63, 3.8) is 0 Å². The molecule has 0 heterocycles. The molecule has 0 fully saturated rings. The number of rotatable bonds is 9. The van der Waals surface area contributed by atoms with Crippen LogP contribution >= 0.6 is 0 Å². The lowest BCUT2D eigenvalue weighted by Gasteiger charge is -2.05. The van der Waals surface area contributed by atoms with E-state index in [1.165, 1.54) is 50.5 Å². The van der Waals surface area contributed by atoms with E-state index in [-0.39, 0.29) is 0 Å². The lowest BCUT2D eigenvalue weighted by molar-refractivity contribution is 0.381. The van der Waals surface area contributed by atoms with Crippen molar-refractivity contribution in [1.29, 1.82) is 0 Å². The second-order valence-electron chi connectivity index (χ2n) is 5.42. The Kier molecular flexibility index (Phi) is 11.4. The third kappa shape index (κ3) is 14.0. The zero-order chi connectivity index (χ0) is 17.7. The van der Waals surface area contributed by atoms with Crippen molar-refractivity contribution < 1.29 is 22.6 Å². The number of hydrogen-bond donors (Lipinski definition) is 3. The van der Waals surface area contributed by atoms with Crippen LogP contribution in [0.25, 0.3) is 6.08 Å². The van der Waals surface area contributed by atoms with E-state index in [9.17, 15) is 5.11 Å². The Labute approximate surface area is 139 Å². The fourth-order valence-electron chi connectivity index (χ4n) is 2.21. The molecule has 0 aliphatic carbocycles. The third-order valence-corrected chi connectivity index (χ3v) is 3.38. The van der Waals surface area contributed by atoms with Gasteiger partial charge >= 0.3 is 10.4 Å². The fraction of sp³-hybridized carbons (Fsp3) is 0.529. The Bertz CT molecular complexity index is 544. The van der Waals surface area contributed by atoms with Crippen LogP contribution in [0.4, 0.5) is 0 Å². The number of benzene rings is 1. The molecule has 0 atom stereocenters. The molecule has 1 rings (SSSR count). The lowest BCUT2D eigenvalue weighted by atomic mass is 10.0. The summed E-state index contributed by atoms with van der Waals surface area (Å²) in [5.74, 6) is 0.327. The molecule has 6 heteroatoms. The largest absolute Gasteiger partial charge is 0.507 e. The molecular weight excluding hydrogens is 316 g/mol. The monoisotopic (exact) mass is 344 g/mol. The van der Waals surface area contributed by atoms with Crippen LogP contribution in [-0.4, -0.2) is 22.6 Å². The summed E-state index contributed by atoms with van der Waals surface area (Å²) >= 11 is 0. The highest BCUT2D eigenvalue weighted by molar-refractivity contribution is 7.79. The summed E-state index contributed by atoms with van der Waals surface area (Å²) in [7, 11) is -4.67. The highest BCUT2D eigenvalue weighted by Gasteiger charge is 1.99. The molecule has 0 saturated heterocycles. The van der Waals surface area contributed by atoms with Crippen molar-refractivity contribution in [2.45, 2.75) is 58.3 Å². The summed E-state index contributed by atoms with van der Waals surface area (Å²) in [6.07, 6.45) is 12.2. The minimum Gasteiger partial charge on any atom is -0.507 e. The van der Waals surface area contributed by atoms with Gasteiger partial charge in [0.1, 0.15) is 5.75 Å². The van der Waals surface area contributed by atoms with Gasteiger partial charge in [0, 0.05) is 5.56 Å². The first-order valence-electron chi connectivity index (χ1n) is 7.92. The van der Waals surface area contributed by atoms with Crippen LogP contribution in [0.5, 0.6) is 5.75 Å². The predicted octanol–water partition coefficient (Wildman–Crippen LogP) is 4.68. The van der Waals surface area contributed by atoms with Gasteiger partial charge in [-0.15, -0.1) is 0 Å². The van der Waals surface area contributed by atoms with Crippen molar-refractivity contribution in [1.82, 2.24) is 0 Å². The van der Waals surface area contributed by atoms with Crippen molar-refractivity contribution in [2.24, 2.45) is 0 Å². The van der Waals surface area contributed by atoms with Crippen molar-refractivity contribution in [3.8, 4) is 5.75 Å². The Hall–Kier alpha value is -1.37. The van der Waals surface area contributed by atoms with E-state index in [0.717, 1.165) is 12.0 Å². The van der Waals surface area contributed by atoms with Crippen molar-refractivity contribution >= 4 is 16.5 Å². The highest BCUT2D eigenvalue weighted by Crippen LogP contribution is 2.20. The summed E-state index contributed by atoms with van der Waals surface area (Å²) in [6, 6.07) is 5.83. The summed E-state index contributed by atoms with van der Waals surface area (Å²) in [5.41, 5.74) is 2.15. The zero-order valence-corrected chi connectivity index (χ0v) is 14.6. The van der Waals surface area contributed by atoms with E-state index in [2.05, 4.69) is 13.5 Å². The molecule has 0 radical (unpaired) electrons. The molecule has 0 unspecified atom stereocenters. The number of aromatic hydroxyl groups is 1. The fourth-order valence-corrected chi connectivity index (χ4v) is 2.21. The van der Waals surface area contributed by atoms with Crippen molar-refractivity contribution in [3.05, 3.63) is 35.9 Å². The van der Waals surface area contributed by atoms with Gasteiger partial charge in [0.05, 0.1) is 0 Å². The van der Waals surface area contributed by atoms with Crippen LogP contribution in [0.2, 0.25) is 0 Å². The molecule has 1 aromatic carbocycles. The highest BCUT2D eigenvalue weighted by atomic mass is 32.3. The summed E-state index contributed by atoms with van der Waals surface area (Å²) in [4.78, 5) is 0. The van der Waals surface area contributed by atoms with Gasteiger partial charge in [-0.1, -0.05) is 64.2 Å². The first-order chi connectivity index (χ1) is 10.8. The number of phenolic OH excluding ortho intramolecular Hbond substituents is 1. The van der Waals surface area contributed by atoms with Gasteiger partial charge in [-0.05, 0) is 30.5 Å². The Balaban J connectivity index is 0.000000841. The lowest BCUT2D eigenvalue weighted by Crippen LogP contribution is -1.89. The minimum absolute atomic E-state index is 0.327. The zero-order valence-electron chi connectivity index (χ0n) is 13.7.